The van der Waals surface area contributed by atoms with Crippen molar-refractivity contribution < 1.29 is 10.2 Å². The van der Waals surface area contributed by atoms with Crippen molar-refractivity contribution in [1.29, 1.82) is 0 Å². The topological polar surface area (TPSA) is 129 Å². The van der Waals surface area contributed by atoms with Gasteiger partial charge in [-0.3, -0.25) is 0 Å². The molecule has 2 atom stereocenters. The predicted octanol–water partition coefficient (Wildman–Crippen LogP) is 9.87. The van der Waals surface area contributed by atoms with Crippen molar-refractivity contribution in [1.82, 2.24) is 34.0 Å². The van der Waals surface area contributed by atoms with Crippen LogP contribution < -0.4 is 10.6 Å². The molecule has 57 heavy (non-hydrogen) atoms. The van der Waals surface area contributed by atoms with Gasteiger partial charge in [0.1, 0.15) is 11.3 Å². The molecule has 0 bridgehead atoms. The number of aliphatic hydroxyl groups is 2. The number of rotatable bonds is 12. The molecule has 0 spiro atoms. The first-order chi connectivity index (χ1) is 27.7. The van der Waals surface area contributed by atoms with Crippen molar-refractivity contribution in [2.75, 3.05) is 30.8 Å². The van der Waals surface area contributed by atoms with Crippen LogP contribution in [0.2, 0.25) is 0 Å². The van der Waals surface area contributed by atoms with Gasteiger partial charge in [0.25, 0.3) is 0 Å². The summed E-state index contributed by atoms with van der Waals surface area (Å²) in [4.78, 5) is 21.8. The normalized spacial score (nSPS) is 25.2. The summed E-state index contributed by atoms with van der Waals surface area (Å²) in [6.07, 6.45) is 29.8. The molecule has 1 saturated heterocycles. The van der Waals surface area contributed by atoms with E-state index in [-0.39, 0.29) is 12.2 Å². The second kappa shape index (κ2) is 19.6. The molecule has 4 aliphatic rings. The molecule has 0 radical (unpaired) electrons. The number of piperidine rings is 1. The summed E-state index contributed by atoms with van der Waals surface area (Å²) < 4.78 is 4.83. The van der Waals surface area contributed by atoms with Crippen LogP contribution in [0.1, 0.15) is 185 Å². The highest BCUT2D eigenvalue weighted by molar-refractivity contribution is 5.82. The number of likely N-dealkylation sites (tertiary alicyclic amines) is 1. The molecule has 0 amide bonds. The van der Waals surface area contributed by atoms with Crippen molar-refractivity contribution in [2.45, 2.75) is 198 Å². The van der Waals surface area contributed by atoms with E-state index in [1.165, 1.54) is 66.8 Å². The van der Waals surface area contributed by atoms with E-state index in [0.29, 0.717) is 36.0 Å². The SMILES string of the molecule is CCC[C@H](C)Nc1ncc2c(C3CCCCC3)cn(C3CCC(O)CC3)c2n1.CCC[C@H](C)Nc1ncc2c(C3CCN(C)CC3)cn(C3CCC(O)CC3)c2n1. The van der Waals surface area contributed by atoms with E-state index in [4.69, 9.17) is 9.97 Å². The van der Waals surface area contributed by atoms with Crippen LogP contribution in [0.3, 0.4) is 0 Å². The molecule has 3 aliphatic carbocycles. The summed E-state index contributed by atoms with van der Waals surface area (Å²) in [6.45, 7) is 11.1. The fourth-order valence-electron chi connectivity index (χ4n) is 10.3. The van der Waals surface area contributed by atoms with E-state index < -0.39 is 0 Å². The van der Waals surface area contributed by atoms with Crippen molar-refractivity contribution in [2.24, 2.45) is 0 Å². The molecule has 0 aromatic carbocycles. The van der Waals surface area contributed by atoms with Gasteiger partial charge in [-0.1, -0.05) is 46.0 Å². The van der Waals surface area contributed by atoms with Gasteiger partial charge in [0, 0.05) is 59.7 Å². The van der Waals surface area contributed by atoms with Crippen LogP contribution in [-0.4, -0.2) is 88.6 Å². The summed E-state index contributed by atoms with van der Waals surface area (Å²) in [5.74, 6) is 2.72. The molecule has 1 aliphatic heterocycles. The largest absolute Gasteiger partial charge is 0.393 e. The van der Waals surface area contributed by atoms with Crippen molar-refractivity contribution in [3.63, 3.8) is 0 Å². The molecule has 4 aromatic rings. The van der Waals surface area contributed by atoms with Gasteiger partial charge in [0.15, 0.2) is 0 Å². The highest BCUT2D eigenvalue weighted by atomic mass is 16.3. The molecule has 11 heteroatoms. The summed E-state index contributed by atoms with van der Waals surface area (Å²) >= 11 is 0. The average molecular weight is 784 g/mol. The van der Waals surface area contributed by atoms with Crippen molar-refractivity contribution in [3.05, 3.63) is 35.9 Å². The first kappa shape index (κ1) is 41.9. The molecule has 11 nitrogen and oxygen atoms in total. The first-order valence-corrected chi connectivity index (χ1v) is 23.0. The van der Waals surface area contributed by atoms with E-state index in [2.05, 4.69) is 88.0 Å². The quantitative estimate of drug-likeness (QED) is 0.111. The number of fused-ring (bicyclic) bond motifs is 2. The Bertz CT molecular complexity index is 1840. The van der Waals surface area contributed by atoms with E-state index in [1.807, 2.05) is 6.20 Å². The Labute approximate surface area is 341 Å². The van der Waals surface area contributed by atoms with Gasteiger partial charge in [-0.2, -0.15) is 9.97 Å². The maximum absolute atomic E-state index is 9.97. The van der Waals surface area contributed by atoms with Crippen LogP contribution in [0, 0.1) is 0 Å². The third-order valence-corrected chi connectivity index (χ3v) is 13.7. The van der Waals surface area contributed by atoms with Crippen molar-refractivity contribution >= 4 is 34.0 Å². The molecular weight excluding hydrogens is 711 g/mol. The number of anilines is 2. The van der Waals surface area contributed by atoms with Crippen LogP contribution in [-0.2, 0) is 0 Å². The maximum Gasteiger partial charge on any atom is 0.224 e. The highest BCUT2D eigenvalue weighted by Crippen LogP contribution is 2.41. The Hall–Kier alpha value is -3.28. The second-order valence-electron chi connectivity index (χ2n) is 18.4. The van der Waals surface area contributed by atoms with E-state index >= 15 is 0 Å². The molecule has 4 aromatic heterocycles. The third kappa shape index (κ3) is 10.3. The van der Waals surface area contributed by atoms with Gasteiger partial charge in [-0.25, -0.2) is 9.97 Å². The van der Waals surface area contributed by atoms with Gasteiger partial charge in [0.05, 0.1) is 12.2 Å². The zero-order chi connectivity index (χ0) is 39.9. The number of aromatic nitrogens is 6. The predicted molar refractivity (Wildman–Crippen MR) is 233 cm³/mol. The van der Waals surface area contributed by atoms with Crippen molar-refractivity contribution in [3.8, 4) is 0 Å². The lowest BCUT2D eigenvalue weighted by Crippen LogP contribution is -2.29. The molecule has 4 fully saturated rings. The lowest BCUT2D eigenvalue weighted by Gasteiger charge is -2.29. The molecular formula is C46H73N9O2. The third-order valence-electron chi connectivity index (χ3n) is 13.7. The van der Waals surface area contributed by atoms with E-state index in [9.17, 15) is 10.2 Å². The minimum Gasteiger partial charge on any atom is -0.393 e. The molecule has 5 heterocycles. The number of hydrogen-bond donors (Lipinski definition) is 4. The Morgan fingerprint density at radius 3 is 1.46 bits per heavy atom. The zero-order valence-electron chi connectivity index (χ0n) is 35.8. The monoisotopic (exact) mass is 784 g/mol. The molecule has 3 saturated carbocycles. The maximum atomic E-state index is 9.97. The Kier molecular flexibility index (Phi) is 14.4. The van der Waals surface area contributed by atoms with E-state index in [1.54, 1.807) is 0 Å². The van der Waals surface area contributed by atoms with Crippen LogP contribution >= 0.6 is 0 Å². The number of hydrogen-bond acceptors (Lipinski definition) is 9. The minimum atomic E-state index is -0.136. The molecule has 8 rings (SSSR count). The molecule has 0 unspecified atom stereocenters. The van der Waals surface area contributed by atoms with Crippen LogP contribution in [0.5, 0.6) is 0 Å². The number of nitrogens with one attached hydrogen (secondary N) is 2. The fourth-order valence-corrected chi connectivity index (χ4v) is 10.3. The van der Waals surface area contributed by atoms with Gasteiger partial charge < -0.3 is 34.9 Å². The van der Waals surface area contributed by atoms with E-state index in [0.717, 1.165) is 113 Å². The fraction of sp³-hybridized carbons (Fsp3) is 0.739. The number of nitrogens with zero attached hydrogens (tertiary/aromatic N) is 7. The summed E-state index contributed by atoms with van der Waals surface area (Å²) in [5, 5.41) is 29.3. The standard InChI is InChI=1S/C23H37N5O.C23H36N4O/c1-4-5-16(2)25-23-24-14-20-21(17-10-12-27(3)13-11-17)15-28(22(20)26-23)18-6-8-19(29)9-7-18;1-3-7-16(2)25-23-24-14-20-21(17-8-5-4-6-9-17)15-27(22(20)26-23)18-10-12-19(28)13-11-18/h14-19,29H,4-13H2,1-3H3,(H,24,25,26);14-19,28H,3-13H2,1-2H3,(H,24,25,26)/t2*16-,18?,19?/m00/s1. The first-order valence-electron chi connectivity index (χ1n) is 23.0. The van der Waals surface area contributed by atoms with Gasteiger partial charge in [-0.05, 0) is 147 Å². The average Bonchev–Trinajstić information content (AvgIpc) is 3.78. The van der Waals surface area contributed by atoms with Crippen LogP contribution in [0.4, 0.5) is 11.9 Å². The smallest absolute Gasteiger partial charge is 0.224 e. The lowest BCUT2D eigenvalue weighted by molar-refractivity contribution is 0.111. The number of aliphatic hydroxyl groups excluding tert-OH is 2. The van der Waals surface area contributed by atoms with Gasteiger partial charge >= 0.3 is 0 Å². The van der Waals surface area contributed by atoms with Gasteiger partial charge in [-0.15, -0.1) is 0 Å². The van der Waals surface area contributed by atoms with Gasteiger partial charge in [0.2, 0.25) is 11.9 Å². The molecule has 4 N–H and O–H groups in total. The Morgan fingerprint density at radius 2 is 1.04 bits per heavy atom. The zero-order valence-corrected chi connectivity index (χ0v) is 35.8. The summed E-state index contributed by atoms with van der Waals surface area (Å²) in [5.41, 5.74) is 5.03. The Morgan fingerprint density at radius 1 is 0.614 bits per heavy atom. The lowest BCUT2D eigenvalue weighted by atomic mass is 9.84. The second-order valence-corrected chi connectivity index (χ2v) is 18.4. The minimum absolute atomic E-state index is 0.127. The Balaban J connectivity index is 0.000000174. The molecule has 314 valence electrons. The summed E-state index contributed by atoms with van der Waals surface area (Å²) in [7, 11) is 2.21. The van der Waals surface area contributed by atoms with Crippen LogP contribution in [0.15, 0.2) is 24.8 Å². The van der Waals surface area contributed by atoms with Crippen LogP contribution in [0.25, 0.3) is 22.1 Å². The summed E-state index contributed by atoms with van der Waals surface area (Å²) in [6, 6.07) is 1.63. The highest BCUT2D eigenvalue weighted by Gasteiger charge is 2.29.